The Morgan fingerprint density at radius 2 is 1.95 bits per heavy atom. The van der Waals surface area contributed by atoms with Crippen LogP contribution in [0.2, 0.25) is 0 Å². The van der Waals surface area contributed by atoms with Crippen molar-refractivity contribution >= 4 is 27.0 Å². The first-order valence-electron chi connectivity index (χ1n) is 6.69. The zero-order valence-electron chi connectivity index (χ0n) is 11.1. The van der Waals surface area contributed by atoms with E-state index < -0.39 is 0 Å². The molecule has 0 saturated heterocycles. The van der Waals surface area contributed by atoms with E-state index >= 15 is 0 Å². The Hall–Kier alpha value is -1.07. The molecule has 4 nitrogen and oxygen atoms in total. The molecule has 3 N–H and O–H groups in total. The number of hydrogen-bond donors (Lipinski definition) is 3. The number of rotatable bonds is 4. The van der Waals surface area contributed by atoms with Crippen molar-refractivity contribution in [3.05, 3.63) is 32.7 Å². The van der Waals surface area contributed by atoms with Crippen LogP contribution in [0.5, 0.6) is 0 Å². The van der Waals surface area contributed by atoms with Gasteiger partial charge in [0.05, 0.1) is 11.0 Å². The van der Waals surface area contributed by atoms with Gasteiger partial charge < -0.3 is 15.3 Å². The number of benzene rings is 1. The summed E-state index contributed by atoms with van der Waals surface area (Å²) in [5.74, 6) is 1.43. The van der Waals surface area contributed by atoms with Crippen molar-refractivity contribution in [2.75, 3.05) is 7.05 Å². The zero-order valence-corrected chi connectivity index (χ0v) is 12.7. The maximum Gasteiger partial charge on any atom is 0.323 e. The molecule has 2 aromatic rings. The van der Waals surface area contributed by atoms with Crippen LogP contribution in [0.4, 0.5) is 0 Å². The van der Waals surface area contributed by atoms with E-state index in [0.29, 0.717) is 12.0 Å². The summed E-state index contributed by atoms with van der Waals surface area (Å²) in [5, 5.41) is 3.42. The predicted octanol–water partition coefficient (Wildman–Crippen LogP) is 2.93. The van der Waals surface area contributed by atoms with Gasteiger partial charge >= 0.3 is 5.69 Å². The summed E-state index contributed by atoms with van der Waals surface area (Å²) >= 11 is 3.63. The van der Waals surface area contributed by atoms with Crippen molar-refractivity contribution in [1.82, 2.24) is 15.3 Å². The number of H-pyrrole nitrogens is 2. The Bertz CT molecular complexity index is 656. The lowest BCUT2D eigenvalue weighted by Crippen LogP contribution is -2.25. The molecular weight excluding hydrogens is 306 g/mol. The molecule has 0 bridgehead atoms. The molecule has 19 heavy (non-hydrogen) atoms. The van der Waals surface area contributed by atoms with Gasteiger partial charge in [-0.1, -0.05) is 22.9 Å². The molecule has 1 heterocycles. The normalized spacial score (nSPS) is 18.7. The molecule has 1 fully saturated rings. The van der Waals surface area contributed by atoms with Gasteiger partial charge in [-0.15, -0.1) is 0 Å². The van der Waals surface area contributed by atoms with Crippen LogP contribution in [0.15, 0.2) is 21.4 Å². The molecule has 2 atom stereocenters. The average molecular weight is 324 g/mol. The highest BCUT2D eigenvalue weighted by molar-refractivity contribution is 9.10. The minimum atomic E-state index is -0.157. The fourth-order valence-electron chi connectivity index (χ4n) is 2.91. The third kappa shape index (κ3) is 2.37. The molecule has 0 amide bonds. The smallest absolute Gasteiger partial charge is 0.313 e. The molecule has 1 saturated carbocycles. The Kier molecular flexibility index (Phi) is 3.27. The van der Waals surface area contributed by atoms with Crippen LogP contribution in [0.25, 0.3) is 11.0 Å². The van der Waals surface area contributed by atoms with Gasteiger partial charge in [0.1, 0.15) is 0 Å². The first kappa shape index (κ1) is 12.9. The summed E-state index contributed by atoms with van der Waals surface area (Å²) in [7, 11) is 2.00. The van der Waals surface area contributed by atoms with Crippen molar-refractivity contribution in [2.24, 2.45) is 11.8 Å². The van der Waals surface area contributed by atoms with E-state index in [-0.39, 0.29) is 5.69 Å². The summed E-state index contributed by atoms with van der Waals surface area (Å²) in [5.41, 5.74) is 2.76. The molecule has 1 aromatic heterocycles. The molecule has 1 aliphatic carbocycles. The maximum atomic E-state index is 11.4. The third-order valence-electron chi connectivity index (χ3n) is 4.17. The van der Waals surface area contributed by atoms with Crippen molar-refractivity contribution in [2.45, 2.75) is 25.8 Å². The zero-order chi connectivity index (χ0) is 13.6. The fraction of sp³-hybridized carbons (Fsp3) is 0.500. The quantitative estimate of drug-likeness (QED) is 0.810. The second kappa shape index (κ2) is 4.80. The molecule has 0 aliphatic heterocycles. The van der Waals surface area contributed by atoms with Gasteiger partial charge in [-0.2, -0.15) is 0 Å². The maximum absolute atomic E-state index is 11.4. The molecule has 5 heteroatoms. The number of hydrogen-bond acceptors (Lipinski definition) is 2. The van der Waals surface area contributed by atoms with Crippen LogP contribution >= 0.6 is 15.9 Å². The number of aromatic nitrogens is 2. The summed E-state index contributed by atoms with van der Waals surface area (Å²) < 4.78 is 1.04. The van der Waals surface area contributed by atoms with Gasteiger partial charge in [-0.05, 0) is 49.4 Å². The largest absolute Gasteiger partial charge is 0.323 e. The molecule has 3 rings (SSSR count). The van der Waals surface area contributed by atoms with Crippen molar-refractivity contribution in [3.63, 3.8) is 0 Å². The van der Waals surface area contributed by atoms with Crippen molar-refractivity contribution < 1.29 is 0 Å². The van der Waals surface area contributed by atoms with Crippen LogP contribution in [-0.2, 0) is 0 Å². The van der Waals surface area contributed by atoms with Crippen LogP contribution in [0, 0.1) is 11.8 Å². The van der Waals surface area contributed by atoms with E-state index in [1.54, 1.807) is 0 Å². The van der Waals surface area contributed by atoms with Crippen LogP contribution in [0.1, 0.15) is 31.4 Å². The minimum Gasteiger partial charge on any atom is -0.313 e. The number of nitrogens with one attached hydrogen (secondary N) is 3. The highest BCUT2D eigenvalue weighted by Crippen LogP contribution is 2.44. The van der Waals surface area contributed by atoms with E-state index in [4.69, 9.17) is 0 Å². The molecule has 102 valence electrons. The SMILES string of the molecule is CNC(c1cc2[nH]c(=O)[nH]c2cc1Br)C(C)C1CC1. The molecule has 0 radical (unpaired) electrons. The topological polar surface area (TPSA) is 60.7 Å². The number of aromatic amines is 2. The summed E-state index contributed by atoms with van der Waals surface area (Å²) in [6.45, 7) is 2.30. The van der Waals surface area contributed by atoms with Crippen LogP contribution in [0.3, 0.4) is 0 Å². The van der Waals surface area contributed by atoms with Gasteiger partial charge in [-0.3, -0.25) is 0 Å². The van der Waals surface area contributed by atoms with Crippen molar-refractivity contribution in [3.8, 4) is 0 Å². The fourth-order valence-corrected chi connectivity index (χ4v) is 3.50. The summed E-state index contributed by atoms with van der Waals surface area (Å²) in [6.07, 6.45) is 2.67. The molecule has 1 aliphatic rings. The van der Waals surface area contributed by atoms with Gasteiger partial charge in [-0.25, -0.2) is 4.79 Å². The van der Waals surface area contributed by atoms with Crippen LogP contribution in [-0.4, -0.2) is 17.0 Å². The van der Waals surface area contributed by atoms with E-state index in [2.05, 4.69) is 44.2 Å². The van der Waals surface area contributed by atoms with E-state index in [1.807, 2.05) is 13.1 Å². The van der Waals surface area contributed by atoms with Crippen molar-refractivity contribution in [1.29, 1.82) is 0 Å². The highest BCUT2D eigenvalue weighted by atomic mass is 79.9. The second-order valence-electron chi connectivity index (χ2n) is 5.46. The Morgan fingerprint density at radius 1 is 1.32 bits per heavy atom. The summed E-state index contributed by atoms with van der Waals surface area (Å²) in [4.78, 5) is 17.0. The first-order chi connectivity index (χ1) is 9.10. The second-order valence-corrected chi connectivity index (χ2v) is 6.32. The molecule has 1 aromatic carbocycles. The Balaban J connectivity index is 2.06. The first-order valence-corrected chi connectivity index (χ1v) is 7.48. The Morgan fingerprint density at radius 3 is 2.53 bits per heavy atom. The standard InChI is InChI=1S/C14H18BrN3O/c1-7(8-3-4-8)13(16-2)9-5-11-12(6-10(9)15)18-14(19)17-11/h5-8,13,16H,3-4H2,1-2H3,(H2,17,18,19). The van der Waals surface area contributed by atoms with Crippen LogP contribution < -0.4 is 11.0 Å². The minimum absolute atomic E-state index is 0.157. The summed E-state index contributed by atoms with van der Waals surface area (Å²) in [6, 6.07) is 4.36. The van der Waals surface area contributed by atoms with Gasteiger partial charge in [0.15, 0.2) is 0 Å². The highest BCUT2D eigenvalue weighted by Gasteiger charge is 2.34. The van der Waals surface area contributed by atoms with E-state index in [1.165, 1.54) is 18.4 Å². The van der Waals surface area contributed by atoms with Gasteiger partial charge in [0.2, 0.25) is 0 Å². The molecular formula is C14H18BrN3O. The van der Waals surface area contributed by atoms with Gasteiger partial charge in [0, 0.05) is 10.5 Å². The van der Waals surface area contributed by atoms with Gasteiger partial charge in [0.25, 0.3) is 0 Å². The molecule has 0 spiro atoms. The predicted molar refractivity (Wildman–Crippen MR) is 80.3 cm³/mol. The van der Waals surface area contributed by atoms with E-state index in [9.17, 15) is 4.79 Å². The lowest BCUT2D eigenvalue weighted by atomic mass is 9.90. The lowest BCUT2D eigenvalue weighted by Gasteiger charge is -2.25. The lowest BCUT2D eigenvalue weighted by molar-refractivity contribution is 0.368. The third-order valence-corrected chi connectivity index (χ3v) is 4.86. The number of halogens is 1. The van der Waals surface area contributed by atoms with E-state index in [0.717, 1.165) is 21.4 Å². The Labute approximate surface area is 120 Å². The molecule has 2 unspecified atom stereocenters. The average Bonchev–Trinajstić information content (AvgIpc) is 3.14. The number of imidazole rings is 1. The number of fused-ring (bicyclic) bond motifs is 1. The monoisotopic (exact) mass is 323 g/mol.